The monoisotopic (exact) mass is 208 g/mol. The van der Waals surface area contributed by atoms with Crippen molar-refractivity contribution in [3.8, 4) is 0 Å². The van der Waals surface area contributed by atoms with Gasteiger partial charge in [0.15, 0.2) is 0 Å². The van der Waals surface area contributed by atoms with Crippen molar-refractivity contribution in [3.05, 3.63) is 36.5 Å². The highest BCUT2D eigenvalue weighted by atomic mass is 14.2. The third-order valence-corrected chi connectivity index (χ3v) is 2.01. The molecule has 0 aliphatic rings. The van der Waals surface area contributed by atoms with Gasteiger partial charge in [0, 0.05) is 0 Å². The van der Waals surface area contributed by atoms with Crippen LogP contribution in [0.4, 0.5) is 0 Å². The van der Waals surface area contributed by atoms with E-state index < -0.39 is 0 Å². The average molecular weight is 208 g/mol. The molecule has 88 valence electrons. The molecule has 0 aliphatic carbocycles. The van der Waals surface area contributed by atoms with Gasteiger partial charge in [-0.25, -0.2) is 0 Å². The first kappa shape index (κ1) is 16.6. The lowest BCUT2D eigenvalue weighted by atomic mass is 9.85. The molecule has 0 bridgehead atoms. The molecule has 0 heterocycles. The maximum absolute atomic E-state index is 3.86. The van der Waals surface area contributed by atoms with Crippen molar-refractivity contribution < 1.29 is 0 Å². The summed E-state index contributed by atoms with van der Waals surface area (Å²) in [5.74, 6) is 0. The van der Waals surface area contributed by atoms with E-state index in [0.717, 1.165) is 12.8 Å². The largest absolute Gasteiger partial charge is 0.0988 e. The van der Waals surface area contributed by atoms with Crippen LogP contribution in [0.15, 0.2) is 36.5 Å². The molecule has 0 radical (unpaired) electrons. The summed E-state index contributed by atoms with van der Waals surface area (Å²) >= 11 is 0. The van der Waals surface area contributed by atoms with Gasteiger partial charge in [-0.15, -0.1) is 0 Å². The summed E-state index contributed by atoms with van der Waals surface area (Å²) in [4.78, 5) is 0. The molecule has 0 amide bonds. The zero-order valence-corrected chi connectivity index (χ0v) is 11.5. The van der Waals surface area contributed by atoms with Crippen LogP contribution in [-0.4, -0.2) is 0 Å². The van der Waals surface area contributed by atoms with Crippen molar-refractivity contribution in [1.82, 2.24) is 0 Å². The van der Waals surface area contributed by atoms with Crippen LogP contribution >= 0.6 is 0 Å². The molecular formula is C15H28. The van der Waals surface area contributed by atoms with E-state index >= 15 is 0 Å². The van der Waals surface area contributed by atoms with Crippen LogP contribution in [0.1, 0.15) is 54.4 Å². The third-order valence-electron chi connectivity index (χ3n) is 2.01. The Labute approximate surface area is 96.8 Å². The number of allylic oxidation sites excluding steroid dienone is 4. The number of hydrogen-bond donors (Lipinski definition) is 0. The van der Waals surface area contributed by atoms with Gasteiger partial charge in [-0.05, 0) is 29.4 Å². The highest BCUT2D eigenvalue weighted by Crippen LogP contribution is 2.27. The fraction of sp³-hybridized carbons (Fsp3) is 0.600. The van der Waals surface area contributed by atoms with Crippen molar-refractivity contribution in [2.45, 2.75) is 54.4 Å². The SMILES string of the molecule is C=C/C(CC)=C(\C=C)CC(C)(C)C.CC. The maximum atomic E-state index is 3.86. The van der Waals surface area contributed by atoms with Crippen LogP contribution < -0.4 is 0 Å². The van der Waals surface area contributed by atoms with Crippen molar-refractivity contribution in [2.24, 2.45) is 5.41 Å². The van der Waals surface area contributed by atoms with Gasteiger partial charge >= 0.3 is 0 Å². The summed E-state index contributed by atoms with van der Waals surface area (Å²) in [5.41, 5.74) is 2.99. The van der Waals surface area contributed by atoms with E-state index in [0.29, 0.717) is 5.41 Å². The highest BCUT2D eigenvalue weighted by molar-refractivity contribution is 5.31. The second kappa shape index (κ2) is 8.52. The predicted molar refractivity (Wildman–Crippen MR) is 73.1 cm³/mol. The van der Waals surface area contributed by atoms with Crippen LogP contribution in [0, 0.1) is 5.41 Å². The molecule has 0 rings (SSSR count). The Morgan fingerprint density at radius 3 is 1.60 bits per heavy atom. The molecule has 0 aromatic rings. The summed E-state index contributed by atoms with van der Waals surface area (Å²) in [6.45, 7) is 20.6. The Morgan fingerprint density at radius 1 is 1.00 bits per heavy atom. The minimum Gasteiger partial charge on any atom is -0.0988 e. The quantitative estimate of drug-likeness (QED) is 0.533. The van der Waals surface area contributed by atoms with E-state index in [9.17, 15) is 0 Å². The molecule has 0 N–H and O–H groups in total. The lowest BCUT2D eigenvalue weighted by Gasteiger charge is -2.20. The summed E-state index contributed by atoms with van der Waals surface area (Å²) in [6, 6.07) is 0. The van der Waals surface area contributed by atoms with Gasteiger partial charge in [-0.3, -0.25) is 0 Å². The first-order valence-corrected chi connectivity index (χ1v) is 5.91. The Kier molecular flexibility index (Phi) is 9.46. The molecule has 0 spiro atoms. The molecule has 0 saturated heterocycles. The van der Waals surface area contributed by atoms with E-state index in [4.69, 9.17) is 0 Å². The summed E-state index contributed by atoms with van der Waals surface area (Å²) in [7, 11) is 0. The minimum absolute atomic E-state index is 0.326. The van der Waals surface area contributed by atoms with Crippen LogP contribution in [0.5, 0.6) is 0 Å². The van der Waals surface area contributed by atoms with Crippen molar-refractivity contribution in [1.29, 1.82) is 0 Å². The molecule has 0 heteroatoms. The maximum Gasteiger partial charge on any atom is -0.0227 e. The van der Waals surface area contributed by atoms with E-state index in [1.807, 2.05) is 26.0 Å². The fourth-order valence-corrected chi connectivity index (χ4v) is 1.39. The lowest BCUT2D eigenvalue weighted by molar-refractivity contribution is 0.412. The van der Waals surface area contributed by atoms with E-state index in [-0.39, 0.29) is 0 Å². The molecule has 0 aromatic carbocycles. The standard InChI is InChI=1S/C13H22.C2H6/c1-7-11(8-2)12(9-3)10-13(4,5)6;1-2/h7,9H,1,3,8,10H2,2,4-6H3;1-2H3/b12-11-;. The number of rotatable bonds is 4. The Morgan fingerprint density at radius 2 is 1.40 bits per heavy atom. The fourth-order valence-electron chi connectivity index (χ4n) is 1.39. The number of hydrogen-bond acceptors (Lipinski definition) is 0. The molecule has 0 aliphatic heterocycles. The second-order valence-corrected chi connectivity index (χ2v) is 4.55. The topological polar surface area (TPSA) is 0 Å². The van der Waals surface area contributed by atoms with Crippen LogP contribution in [-0.2, 0) is 0 Å². The first-order valence-electron chi connectivity index (χ1n) is 5.91. The zero-order chi connectivity index (χ0) is 12.5. The van der Waals surface area contributed by atoms with Gasteiger partial charge in [0.05, 0.1) is 0 Å². The summed E-state index contributed by atoms with van der Waals surface area (Å²) in [6.07, 6.45) is 6.03. The molecule has 0 nitrogen and oxygen atoms in total. The van der Waals surface area contributed by atoms with E-state index in [2.05, 4.69) is 40.9 Å². The Bertz CT molecular complexity index is 211. The Hall–Kier alpha value is -0.780. The average Bonchev–Trinajstić information content (AvgIpc) is 2.19. The van der Waals surface area contributed by atoms with E-state index in [1.54, 1.807) is 0 Å². The minimum atomic E-state index is 0.326. The van der Waals surface area contributed by atoms with Gasteiger partial charge < -0.3 is 0 Å². The smallest absolute Gasteiger partial charge is 0.0227 e. The molecule has 0 atom stereocenters. The van der Waals surface area contributed by atoms with Crippen molar-refractivity contribution >= 4 is 0 Å². The highest BCUT2D eigenvalue weighted by Gasteiger charge is 2.12. The lowest BCUT2D eigenvalue weighted by Crippen LogP contribution is -2.06. The second-order valence-electron chi connectivity index (χ2n) is 4.55. The summed E-state index contributed by atoms with van der Waals surface area (Å²) < 4.78 is 0. The molecule has 0 saturated carbocycles. The van der Waals surface area contributed by atoms with Gasteiger partial charge in [0.25, 0.3) is 0 Å². The van der Waals surface area contributed by atoms with Crippen LogP contribution in [0.3, 0.4) is 0 Å². The predicted octanol–water partition coefficient (Wildman–Crippen LogP) is 5.53. The van der Waals surface area contributed by atoms with Crippen LogP contribution in [0.2, 0.25) is 0 Å². The molecule has 0 fully saturated rings. The normalized spacial score (nSPS) is 12.1. The van der Waals surface area contributed by atoms with Gasteiger partial charge in [-0.2, -0.15) is 0 Å². The first-order chi connectivity index (χ1) is 6.94. The Balaban J connectivity index is 0. The van der Waals surface area contributed by atoms with Crippen molar-refractivity contribution in [2.75, 3.05) is 0 Å². The van der Waals surface area contributed by atoms with Gasteiger partial charge in [0.2, 0.25) is 0 Å². The third kappa shape index (κ3) is 8.23. The molecular weight excluding hydrogens is 180 g/mol. The van der Waals surface area contributed by atoms with Crippen molar-refractivity contribution in [3.63, 3.8) is 0 Å². The molecule has 15 heavy (non-hydrogen) atoms. The zero-order valence-electron chi connectivity index (χ0n) is 11.5. The molecule has 0 aromatic heterocycles. The summed E-state index contributed by atoms with van der Waals surface area (Å²) in [5, 5.41) is 0. The van der Waals surface area contributed by atoms with E-state index in [1.165, 1.54) is 11.1 Å². The molecule has 0 unspecified atom stereocenters. The van der Waals surface area contributed by atoms with Crippen LogP contribution in [0.25, 0.3) is 0 Å². The van der Waals surface area contributed by atoms with Gasteiger partial charge in [-0.1, -0.05) is 66.9 Å². The van der Waals surface area contributed by atoms with Gasteiger partial charge in [0.1, 0.15) is 0 Å².